The highest BCUT2D eigenvalue weighted by atomic mass is 16.6. The number of ether oxygens (including phenoxy) is 1. The Bertz CT molecular complexity index is 736. The van der Waals surface area contributed by atoms with Gasteiger partial charge >= 0.3 is 6.09 Å². The molecular weight excluding hydrogens is 290 g/mol. The molecule has 1 aromatic heterocycles. The molecule has 8 nitrogen and oxygen atoms in total. The summed E-state index contributed by atoms with van der Waals surface area (Å²) in [6, 6.07) is 7.90. The number of amides is 1. The quantitative estimate of drug-likeness (QED) is 0.531. The number of hydrogen-bond donors (Lipinski definition) is 1. The van der Waals surface area contributed by atoms with Gasteiger partial charge in [-0.2, -0.15) is 5.10 Å². The first-order valence-electron chi connectivity index (χ1n) is 6.23. The van der Waals surface area contributed by atoms with E-state index in [1.54, 1.807) is 25.1 Å². The zero-order chi connectivity index (χ0) is 16.1. The number of nitro groups is 1. The fraction of sp³-hybridized carbons (Fsp3) is 0.143. The molecule has 0 aliphatic carbocycles. The number of nitrogens with one attached hydrogen (secondary N) is 1. The molecule has 0 bridgehead atoms. The molecule has 0 radical (unpaired) electrons. The van der Waals surface area contributed by atoms with Crippen LogP contribution >= 0.6 is 0 Å². The lowest BCUT2D eigenvalue weighted by atomic mass is 10.1. The molecule has 1 heterocycles. The van der Waals surface area contributed by atoms with Crippen LogP contribution in [0.2, 0.25) is 0 Å². The molecule has 0 saturated heterocycles. The molecule has 0 saturated carbocycles. The van der Waals surface area contributed by atoms with Crippen LogP contribution in [0.1, 0.15) is 11.3 Å². The SMILES string of the molecule is COC(=O)N/N=C/c1ccc(-c2ccc([N+](=O)[O-])cc2C)o1. The lowest BCUT2D eigenvalue weighted by molar-refractivity contribution is -0.384. The van der Waals surface area contributed by atoms with Crippen molar-refractivity contribution in [3.05, 3.63) is 51.8 Å². The summed E-state index contributed by atoms with van der Waals surface area (Å²) < 4.78 is 9.91. The highest BCUT2D eigenvalue weighted by molar-refractivity contribution is 5.79. The number of non-ortho nitro benzene ring substituents is 1. The third-order valence-electron chi connectivity index (χ3n) is 2.85. The molecule has 1 aromatic carbocycles. The molecule has 1 N–H and O–H groups in total. The van der Waals surface area contributed by atoms with E-state index in [-0.39, 0.29) is 5.69 Å². The van der Waals surface area contributed by atoms with Gasteiger partial charge in [0.25, 0.3) is 5.69 Å². The van der Waals surface area contributed by atoms with Gasteiger partial charge < -0.3 is 9.15 Å². The van der Waals surface area contributed by atoms with Crippen molar-refractivity contribution in [3.63, 3.8) is 0 Å². The predicted molar refractivity (Wildman–Crippen MR) is 78.7 cm³/mol. The highest BCUT2D eigenvalue weighted by Gasteiger charge is 2.11. The van der Waals surface area contributed by atoms with Crippen LogP contribution in [0.3, 0.4) is 0 Å². The summed E-state index contributed by atoms with van der Waals surface area (Å²) in [6.45, 7) is 1.76. The van der Waals surface area contributed by atoms with Crippen LogP contribution in [0.4, 0.5) is 10.5 Å². The normalized spacial score (nSPS) is 10.6. The summed E-state index contributed by atoms with van der Waals surface area (Å²) in [4.78, 5) is 21.1. The van der Waals surface area contributed by atoms with Crippen molar-refractivity contribution in [1.29, 1.82) is 0 Å². The number of rotatable bonds is 4. The number of furan rings is 1. The number of nitro benzene ring substituents is 1. The van der Waals surface area contributed by atoms with Gasteiger partial charge in [-0.1, -0.05) is 0 Å². The van der Waals surface area contributed by atoms with E-state index in [0.29, 0.717) is 11.5 Å². The van der Waals surface area contributed by atoms with Crippen LogP contribution in [-0.2, 0) is 4.74 Å². The molecular formula is C14H13N3O5. The van der Waals surface area contributed by atoms with Gasteiger partial charge in [0.1, 0.15) is 11.5 Å². The second-order valence-corrected chi connectivity index (χ2v) is 4.32. The maximum absolute atomic E-state index is 10.8. The zero-order valence-electron chi connectivity index (χ0n) is 11.9. The summed E-state index contributed by atoms with van der Waals surface area (Å²) in [7, 11) is 1.23. The minimum Gasteiger partial charge on any atom is -0.455 e. The Morgan fingerprint density at radius 3 is 2.82 bits per heavy atom. The van der Waals surface area contributed by atoms with E-state index in [1.165, 1.54) is 25.5 Å². The summed E-state index contributed by atoms with van der Waals surface area (Å²) >= 11 is 0. The van der Waals surface area contributed by atoms with Crippen LogP contribution in [-0.4, -0.2) is 24.3 Å². The third-order valence-corrected chi connectivity index (χ3v) is 2.85. The minimum absolute atomic E-state index is 0.0249. The van der Waals surface area contributed by atoms with Crippen molar-refractivity contribution in [1.82, 2.24) is 5.43 Å². The predicted octanol–water partition coefficient (Wildman–Crippen LogP) is 2.85. The summed E-state index contributed by atoms with van der Waals surface area (Å²) in [5.41, 5.74) is 3.62. The number of carbonyl (C=O) groups excluding carboxylic acids is 1. The zero-order valence-corrected chi connectivity index (χ0v) is 11.9. The number of benzene rings is 1. The van der Waals surface area contributed by atoms with Crippen LogP contribution in [0.25, 0.3) is 11.3 Å². The molecule has 8 heteroatoms. The number of aryl methyl sites for hydroxylation is 1. The molecule has 0 aliphatic heterocycles. The van der Waals surface area contributed by atoms with Crippen molar-refractivity contribution >= 4 is 18.0 Å². The molecule has 2 aromatic rings. The molecule has 0 spiro atoms. The first kappa shape index (κ1) is 15.2. The van der Waals surface area contributed by atoms with Crippen molar-refractivity contribution in [2.75, 3.05) is 7.11 Å². The number of nitrogens with zero attached hydrogens (tertiary/aromatic N) is 2. The van der Waals surface area contributed by atoms with Gasteiger partial charge in [0.05, 0.1) is 18.2 Å². The average molecular weight is 303 g/mol. The molecule has 0 atom stereocenters. The lowest BCUT2D eigenvalue weighted by Crippen LogP contribution is -2.16. The Morgan fingerprint density at radius 1 is 1.41 bits per heavy atom. The van der Waals surface area contributed by atoms with Crippen molar-refractivity contribution in [3.8, 4) is 11.3 Å². The molecule has 22 heavy (non-hydrogen) atoms. The highest BCUT2D eigenvalue weighted by Crippen LogP contribution is 2.28. The first-order chi connectivity index (χ1) is 10.5. The second-order valence-electron chi connectivity index (χ2n) is 4.32. The number of hydrogen-bond acceptors (Lipinski definition) is 6. The van der Waals surface area contributed by atoms with Gasteiger partial charge in [-0.25, -0.2) is 10.2 Å². The first-order valence-corrected chi connectivity index (χ1v) is 6.23. The van der Waals surface area contributed by atoms with Crippen molar-refractivity contribution < 1.29 is 18.9 Å². The van der Waals surface area contributed by atoms with E-state index in [0.717, 1.165) is 11.1 Å². The number of hydrazone groups is 1. The largest absolute Gasteiger partial charge is 0.455 e. The van der Waals surface area contributed by atoms with Crippen molar-refractivity contribution in [2.45, 2.75) is 6.92 Å². The van der Waals surface area contributed by atoms with Crippen molar-refractivity contribution in [2.24, 2.45) is 5.10 Å². The molecule has 114 valence electrons. The Kier molecular flexibility index (Phi) is 4.52. The van der Waals surface area contributed by atoms with Gasteiger partial charge in [-0.3, -0.25) is 10.1 Å². The maximum Gasteiger partial charge on any atom is 0.427 e. The van der Waals surface area contributed by atoms with E-state index in [2.05, 4.69) is 15.3 Å². The summed E-state index contributed by atoms with van der Waals surface area (Å²) in [5.74, 6) is 0.969. The fourth-order valence-corrected chi connectivity index (χ4v) is 1.80. The summed E-state index contributed by atoms with van der Waals surface area (Å²) in [6.07, 6.45) is 0.635. The van der Waals surface area contributed by atoms with Crippen LogP contribution in [0, 0.1) is 17.0 Å². The molecule has 1 amide bonds. The minimum atomic E-state index is -0.686. The lowest BCUT2D eigenvalue weighted by Gasteiger charge is -2.02. The smallest absolute Gasteiger partial charge is 0.427 e. The Morgan fingerprint density at radius 2 is 2.18 bits per heavy atom. The average Bonchev–Trinajstić information content (AvgIpc) is 2.95. The van der Waals surface area contributed by atoms with Gasteiger partial charge in [-0.15, -0.1) is 0 Å². The van der Waals surface area contributed by atoms with E-state index >= 15 is 0 Å². The van der Waals surface area contributed by atoms with E-state index < -0.39 is 11.0 Å². The molecule has 0 unspecified atom stereocenters. The van der Waals surface area contributed by atoms with E-state index in [1.807, 2.05) is 0 Å². The standard InChI is InChI=1S/C14H13N3O5/c1-9-7-10(17(19)20)3-5-12(9)13-6-4-11(22-13)8-15-16-14(18)21-2/h3-8H,1-2H3,(H,16,18)/b15-8+. The number of methoxy groups -OCH3 is 1. The molecule has 0 aliphatic rings. The Hall–Kier alpha value is -3.16. The van der Waals surface area contributed by atoms with Gasteiger partial charge in [0, 0.05) is 17.7 Å². The summed E-state index contributed by atoms with van der Waals surface area (Å²) in [5, 5.41) is 14.4. The van der Waals surface area contributed by atoms with E-state index in [9.17, 15) is 14.9 Å². The Labute approximate surface area is 125 Å². The fourth-order valence-electron chi connectivity index (χ4n) is 1.80. The maximum atomic E-state index is 10.8. The van der Waals surface area contributed by atoms with Crippen LogP contribution in [0.15, 0.2) is 39.9 Å². The molecule has 0 fully saturated rings. The van der Waals surface area contributed by atoms with Gasteiger partial charge in [-0.05, 0) is 30.7 Å². The second kappa shape index (κ2) is 6.53. The van der Waals surface area contributed by atoms with Crippen LogP contribution in [0.5, 0.6) is 0 Å². The van der Waals surface area contributed by atoms with E-state index in [4.69, 9.17) is 4.42 Å². The monoisotopic (exact) mass is 303 g/mol. The number of carbonyl (C=O) groups is 1. The molecule has 2 rings (SSSR count). The topological polar surface area (TPSA) is 107 Å². The van der Waals surface area contributed by atoms with Gasteiger partial charge in [0.15, 0.2) is 0 Å². The third kappa shape index (κ3) is 3.48. The van der Waals surface area contributed by atoms with Gasteiger partial charge in [0.2, 0.25) is 0 Å². The Balaban J connectivity index is 2.18. The van der Waals surface area contributed by atoms with Crippen LogP contribution < -0.4 is 5.43 Å².